The van der Waals surface area contributed by atoms with Crippen molar-refractivity contribution in [1.82, 2.24) is 0 Å². The number of aliphatic carboxylic acids is 1. The number of rotatable bonds is 1. The lowest BCUT2D eigenvalue weighted by molar-refractivity contribution is -0.138. The monoisotopic (exact) mass is 213 g/mol. The highest BCUT2D eigenvalue weighted by molar-refractivity contribution is 5.78. The number of anilines is 1. The van der Waals surface area contributed by atoms with E-state index < -0.39 is 23.6 Å². The molecule has 15 heavy (non-hydrogen) atoms. The van der Waals surface area contributed by atoms with Crippen LogP contribution in [0, 0.1) is 11.6 Å². The Morgan fingerprint density at radius 2 is 2.20 bits per heavy atom. The summed E-state index contributed by atoms with van der Waals surface area (Å²) in [4.78, 5) is 10.7. The molecule has 0 saturated heterocycles. The number of hydrogen-bond donors (Lipinski definition) is 2. The molecule has 0 bridgehead atoms. The highest BCUT2D eigenvalue weighted by Crippen LogP contribution is 2.28. The Morgan fingerprint density at radius 3 is 2.87 bits per heavy atom. The molecule has 0 spiro atoms. The van der Waals surface area contributed by atoms with Gasteiger partial charge < -0.3 is 10.4 Å². The van der Waals surface area contributed by atoms with Crippen molar-refractivity contribution in [3.63, 3.8) is 0 Å². The van der Waals surface area contributed by atoms with Gasteiger partial charge in [-0.15, -0.1) is 0 Å². The molecule has 1 heterocycles. The van der Waals surface area contributed by atoms with E-state index in [1.54, 1.807) is 0 Å². The number of halogens is 2. The van der Waals surface area contributed by atoms with E-state index in [-0.39, 0.29) is 18.4 Å². The van der Waals surface area contributed by atoms with E-state index in [2.05, 4.69) is 5.32 Å². The summed E-state index contributed by atoms with van der Waals surface area (Å²) in [6, 6.07) is 1.64. The van der Waals surface area contributed by atoms with Crippen LogP contribution in [0.15, 0.2) is 12.1 Å². The third-order valence-corrected chi connectivity index (χ3v) is 2.51. The lowest BCUT2D eigenvalue weighted by atomic mass is 9.97. The van der Waals surface area contributed by atoms with Crippen LogP contribution in [-0.2, 0) is 11.2 Å². The smallest absolute Gasteiger partial charge is 0.326 e. The maximum absolute atomic E-state index is 13.2. The quantitative estimate of drug-likeness (QED) is 0.747. The third kappa shape index (κ3) is 1.65. The molecular weight excluding hydrogens is 204 g/mol. The highest BCUT2D eigenvalue weighted by Gasteiger charge is 2.26. The third-order valence-electron chi connectivity index (χ3n) is 2.51. The first-order valence-electron chi connectivity index (χ1n) is 4.56. The molecule has 3 nitrogen and oxygen atoms in total. The zero-order valence-electron chi connectivity index (χ0n) is 7.76. The lowest BCUT2D eigenvalue weighted by Gasteiger charge is -2.24. The number of fused-ring (bicyclic) bond motifs is 1. The van der Waals surface area contributed by atoms with Crippen LogP contribution in [-0.4, -0.2) is 17.1 Å². The number of benzene rings is 1. The fraction of sp³-hybridized carbons (Fsp3) is 0.300. The van der Waals surface area contributed by atoms with Crippen LogP contribution in [0.25, 0.3) is 0 Å². The normalized spacial score (nSPS) is 19.2. The van der Waals surface area contributed by atoms with E-state index in [0.717, 1.165) is 6.07 Å². The van der Waals surface area contributed by atoms with E-state index in [4.69, 9.17) is 5.11 Å². The van der Waals surface area contributed by atoms with Gasteiger partial charge in [0.1, 0.15) is 6.04 Å². The fourth-order valence-electron chi connectivity index (χ4n) is 1.71. The molecule has 1 aromatic rings. The Labute approximate surface area is 84.7 Å². The fourth-order valence-corrected chi connectivity index (χ4v) is 1.71. The van der Waals surface area contributed by atoms with Gasteiger partial charge >= 0.3 is 5.97 Å². The molecule has 1 atom stereocenters. The molecule has 0 radical (unpaired) electrons. The summed E-state index contributed by atoms with van der Waals surface area (Å²) in [7, 11) is 0. The van der Waals surface area contributed by atoms with Crippen LogP contribution in [0.3, 0.4) is 0 Å². The van der Waals surface area contributed by atoms with Crippen molar-refractivity contribution in [2.75, 3.05) is 5.32 Å². The predicted molar refractivity (Wildman–Crippen MR) is 49.7 cm³/mol. The van der Waals surface area contributed by atoms with Gasteiger partial charge in [-0.05, 0) is 25.0 Å². The van der Waals surface area contributed by atoms with Gasteiger partial charge in [0.25, 0.3) is 0 Å². The van der Waals surface area contributed by atoms with Crippen molar-refractivity contribution in [3.8, 4) is 0 Å². The van der Waals surface area contributed by atoms with Crippen molar-refractivity contribution < 1.29 is 18.7 Å². The van der Waals surface area contributed by atoms with Crippen LogP contribution in [0.2, 0.25) is 0 Å². The molecule has 0 amide bonds. The van der Waals surface area contributed by atoms with Gasteiger partial charge in [-0.3, -0.25) is 0 Å². The lowest BCUT2D eigenvalue weighted by Crippen LogP contribution is -2.33. The van der Waals surface area contributed by atoms with Gasteiger partial charge in [0.05, 0.1) is 0 Å². The molecule has 0 aromatic heterocycles. The van der Waals surface area contributed by atoms with Crippen molar-refractivity contribution in [2.24, 2.45) is 0 Å². The van der Waals surface area contributed by atoms with Gasteiger partial charge in [-0.2, -0.15) is 0 Å². The first kappa shape index (κ1) is 9.89. The zero-order valence-corrected chi connectivity index (χ0v) is 7.76. The van der Waals surface area contributed by atoms with Crippen molar-refractivity contribution in [1.29, 1.82) is 0 Å². The SMILES string of the molecule is O=C(O)[C@H]1CCc2c(ccc(F)c2F)N1. The molecule has 80 valence electrons. The number of carbonyl (C=O) groups is 1. The molecule has 0 aliphatic carbocycles. The van der Waals surface area contributed by atoms with E-state index in [1.807, 2.05) is 0 Å². The summed E-state index contributed by atoms with van der Waals surface area (Å²) >= 11 is 0. The first-order valence-corrected chi connectivity index (χ1v) is 4.56. The van der Waals surface area contributed by atoms with Crippen LogP contribution in [0.4, 0.5) is 14.5 Å². The average molecular weight is 213 g/mol. The molecule has 0 saturated carbocycles. The van der Waals surface area contributed by atoms with Gasteiger partial charge in [-0.25, -0.2) is 13.6 Å². The second-order valence-corrected chi connectivity index (χ2v) is 3.46. The number of carboxylic acids is 1. The summed E-state index contributed by atoms with van der Waals surface area (Å²) in [5, 5.41) is 11.4. The largest absolute Gasteiger partial charge is 0.480 e. The van der Waals surface area contributed by atoms with Crippen LogP contribution in [0.5, 0.6) is 0 Å². The second-order valence-electron chi connectivity index (χ2n) is 3.46. The van der Waals surface area contributed by atoms with Crippen LogP contribution >= 0.6 is 0 Å². The predicted octanol–water partition coefficient (Wildman–Crippen LogP) is 1.78. The Kier molecular flexibility index (Phi) is 2.30. The first-order chi connectivity index (χ1) is 7.09. The summed E-state index contributed by atoms with van der Waals surface area (Å²) in [6.45, 7) is 0. The zero-order chi connectivity index (χ0) is 11.0. The maximum atomic E-state index is 13.2. The Bertz CT molecular complexity index is 420. The Hall–Kier alpha value is -1.65. The van der Waals surface area contributed by atoms with Gasteiger partial charge in [0.2, 0.25) is 0 Å². The topological polar surface area (TPSA) is 49.3 Å². The van der Waals surface area contributed by atoms with Gasteiger partial charge in [0, 0.05) is 11.3 Å². The number of carboxylic acid groups (broad SMARTS) is 1. The number of hydrogen-bond acceptors (Lipinski definition) is 2. The summed E-state index contributed by atoms with van der Waals surface area (Å²) < 4.78 is 26.1. The molecule has 1 aromatic carbocycles. The Balaban J connectivity index is 2.36. The average Bonchev–Trinajstić information content (AvgIpc) is 2.23. The van der Waals surface area contributed by atoms with E-state index in [0.29, 0.717) is 5.69 Å². The van der Waals surface area contributed by atoms with E-state index in [9.17, 15) is 13.6 Å². The van der Waals surface area contributed by atoms with Crippen molar-refractivity contribution in [2.45, 2.75) is 18.9 Å². The molecule has 0 fully saturated rings. The van der Waals surface area contributed by atoms with Crippen LogP contribution in [0.1, 0.15) is 12.0 Å². The molecular formula is C10H9F2NO2. The van der Waals surface area contributed by atoms with Gasteiger partial charge in [0.15, 0.2) is 11.6 Å². The van der Waals surface area contributed by atoms with E-state index in [1.165, 1.54) is 6.07 Å². The van der Waals surface area contributed by atoms with E-state index >= 15 is 0 Å². The van der Waals surface area contributed by atoms with Gasteiger partial charge in [-0.1, -0.05) is 0 Å². The standard InChI is InChI=1S/C10H9F2NO2/c11-6-2-4-7-5(9(6)12)1-3-8(13-7)10(14)15/h2,4,8,13H,1,3H2,(H,14,15)/t8-/m1/s1. The minimum absolute atomic E-state index is 0.229. The molecule has 2 rings (SSSR count). The van der Waals surface area contributed by atoms with Crippen molar-refractivity contribution in [3.05, 3.63) is 29.3 Å². The summed E-state index contributed by atoms with van der Waals surface area (Å²) in [5.74, 6) is -2.77. The summed E-state index contributed by atoms with van der Waals surface area (Å²) in [5.41, 5.74) is 0.597. The molecule has 5 heteroatoms. The molecule has 0 unspecified atom stereocenters. The highest BCUT2D eigenvalue weighted by atomic mass is 19.2. The summed E-state index contributed by atoms with van der Waals surface area (Å²) in [6.07, 6.45) is 0.506. The molecule has 2 N–H and O–H groups in total. The minimum Gasteiger partial charge on any atom is -0.480 e. The molecule has 1 aliphatic heterocycles. The van der Waals surface area contributed by atoms with Crippen LogP contribution < -0.4 is 5.32 Å². The van der Waals surface area contributed by atoms with Crippen molar-refractivity contribution >= 4 is 11.7 Å². The maximum Gasteiger partial charge on any atom is 0.326 e. The second kappa shape index (κ2) is 3.49. The molecule has 1 aliphatic rings. The minimum atomic E-state index is -0.981. The number of nitrogens with one attached hydrogen (secondary N) is 1. The Morgan fingerprint density at radius 1 is 1.47 bits per heavy atom.